The van der Waals surface area contributed by atoms with Crippen LogP contribution >= 0.6 is 15.9 Å². The van der Waals surface area contributed by atoms with Crippen molar-refractivity contribution in [3.63, 3.8) is 0 Å². The van der Waals surface area contributed by atoms with Gasteiger partial charge in [-0.25, -0.2) is 0 Å². The average Bonchev–Trinajstić information content (AvgIpc) is 2.95. The molecule has 0 spiro atoms. The Kier molecular flexibility index (Phi) is 5.47. The second-order valence-corrected chi connectivity index (χ2v) is 7.97. The summed E-state index contributed by atoms with van der Waals surface area (Å²) in [6, 6.07) is 7.95. The number of hydrogen-bond acceptors (Lipinski definition) is 2. The van der Waals surface area contributed by atoms with Gasteiger partial charge in [0.15, 0.2) is 0 Å². The molecule has 0 radical (unpaired) electrons. The fourth-order valence-electron chi connectivity index (χ4n) is 3.84. The fourth-order valence-corrected chi connectivity index (χ4v) is 4.22. The summed E-state index contributed by atoms with van der Waals surface area (Å²) in [5.41, 5.74) is 0.722. The van der Waals surface area contributed by atoms with Gasteiger partial charge in [0, 0.05) is 28.1 Å². The van der Waals surface area contributed by atoms with Gasteiger partial charge in [0.05, 0.1) is 6.42 Å². The van der Waals surface area contributed by atoms with Crippen LogP contribution in [0.4, 0.5) is 0 Å². The van der Waals surface area contributed by atoms with E-state index >= 15 is 0 Å². The lowest BCUT2D eigenvalue weighted by molar-refractivity contribution is -0.140. The Hall–Kier alpha value is -1.82. The SMILES string of the molecule is O=C(O)CC1(CNC(=O)Cn2ccc3cc(Br)ccc32)CCCCC1. The lowest BCUT2D eigenvalue weighted by Crippen LogP contribution is -2.41. The molecular formula is C19H23BrN2O3. The van der Waals surface area contributed by atoms with Crippen LogP contribution in [0, 0.1) is 5.41 Å². The first-order chi connectivity index (χ1) is 12.0. The van der Waals surface area contributed by atoms with Gasteiger partial charge in [-0.05, 0) is 42.5 Å². The highest BCUT2D eigenvalue weighted by molar-refractivity contribution is 9.10. The Balaban J connectivity index is 1.63. The molecule has 1 aromatic carbocycles. The van der Waals surface area contributed by atoms with Crippen molar-refractivity contribution in [2.75, 3.05) is 6.54 Å². The molecule has 1 aromatic heterocycles. The van der Waals surface area contributed by atoms with E-state index in [0.29, 0.717) is 6.54 Å². The van der Waals surface area contributed by atoms with E-state index in [1.807, 2.05) is 35.0 Å². The van der Waals surface area contributed by atoms with Gasteiger partial charge in [-0.1, -0.05) is 35.2 Å². The lowest BCUT2D eigenvalue weighted by atomic mass is 9.71. The van der Waals surface area contributed by atoms with Crippen molar-refractivity contribution < 1.29 is 14.7 Å². The van der Waals surface area contributed by atoms with E-state index < -0.39 is 5.97 Å². The number of nitrogens with zero attached hydrogens (tertiary/aromatic N) is 1. The third kappa shape index (κ3) is 4.42. The normalized spacial score (nSPS) is 16.7. The summed E-state index contributed by atoms with van der Waals surface area (Å²) in [6.45, 7) is 0.692. The molecule has 1 saturated carbocycles. The predicted octanol–water partition coefficient (Wildman–Crippen LogP) is 3.95. The molecule has 1 aliphatic carbocycles. The molecule has 1 heterocycles. The van der Waals surface area contributed by atoms with Gasteiger partial charge >= 0.3 is 5.97 Å². The molecule has 25 heavy (non-hydrogen) atoms. The minimum Gasteiger partial charge on any atom is -0.481 e. The summed E-state index contributed by atoms with van der Waals surface area (Å²) in [5.74, 6) is -0.853. The third-order valence-corrected chi connectivity index (χ3v) is 5.64. The zero-order chi connectivity index (χ0) is 17.9. The number of amides is 1. The minimum atomic E-state index is -0.780. The molecule has 1 fully saturated rings. The van der Waals surface area contributed by atoms with Gasteiger partial charge in [0.25, 0.3) is 0 Å². The summed E-state index contributed by atoms with van der Waals surface area (Å²) in [7, 11) is 0. The van der Waals surface area contributed by atoms with Crippen molar-refractivity contribution in [3.05, 3.63) is 34.9 Å². The molecule has 2 aromatic rings. The second-order valence-electron chi connectivity index (χ2n) is 7.05. The zero-order valence-corrected chi connectivity index (χ0v) is 15.7. The number of carbonyl (C=O) groups excluding carboxylic acids is 1. The van der Waals surface area contributed by atoms with Gasteiger partial charge in [-0.15, -0.1) is 0 Å². The van der Waals surface area contributed by atoms with Crippen molar-refractivity contribution in [2.45, 2.75) is 45.1 Å². The van der Waals surface area contributed by atoms with Crippen LogP contribution in [0.5, 0.6) is 0 Å². The molecule has 134 valence electrons. The maximum atomic E-state index is 12.4. The molecular weight excluding hydrogens is 384 g/mol. The Morgan fingerprint density at radius 1 is 1.20 bits per heavy atom. The highest BCUT2D eigenvalue weighted by Gasteiger charge is 2.34. The number of carboxylic acids is 1. The van der Waals surface area contributed by atoms with Crippen LogP contribution < -0.4 is 5.32 Å². The van der Waals surface area contributed by atoms with E-state index in [1.165, 1.54) is 0 Å². The number of carboxylic acid groups (broad SMARTS) is 1. The molecule has 0 unspecified atom stereocenters. The zero-order valence-electron chi connectivity index (χ0n) is 14.1. The molecule has 0 saturated heterocycles. The van der Waals surface area contributed by atoms with E-state index in [1.54, 1.807) is 0 Å². The molecule has 0 bridgehead atoms. The van der Waals surface area contributed by atoms with Gasteiger partial charge in [0.2, 0.25) is 5.91 Å². The Morgan fingerprint density at radius 2 is 1.96 bits per heavy atom. The minimum absolute atomic E-state index is 0.0734. The summed E-state index contributed by atoms with van der Waals surface area (Å²) < 4.78 is 2.93. The number of aromatic nitrogens is 1. The first kappa shape index (κ1) is 18.0. The highest BCUT2D eigenvalue weighted by atomic mass is 79.9. The molecule has 0 aliphatic heterocycles. The maximum absolute atomic E-state index is 12.4. The topological polar surface area (TPSA) is 71.3 Å². The quantitative estimate of drug-likeness (QED) is 0.762. The van der Waals surface area contributed by atoms with Crippen molar-refractivity contribution in [3.8, 4) is 0 Å². The number of aliphatic carboxylic acids is 1. The number of halogens is 1. The monoisotopic (exact) mass is 406 g/mol. The summed E-state index contributed by atoms with van der Waals surface area (Å²) in [5, 5.41) is 13.3. The Labute approximate surface area is 155 Å². The van der Waals surface area contributed by atoms with Crippen LogP contribution in [0.2, 0.25) is 0 Å². The standard InChI is InChI=1S/C19H23BrN2O3/c20-15-4-5-16-14(10-15)6-9-22(16)12-17(23)21-13-19(11-18(24)25)7-2-1-3-8-19/h4-6,9-10H,1-3,7-8,11-13H2,(H,21,23)(H,24,25). The van der Waals surface area contributed by atoms with Gasteiger partial charge < -0.3 is 15.0 Å². The summed E-state index contributed by atoms with van der Waals surface area (Å²) >= 11 is 3.45. The number of benzene rings is 1. The van der Waals surface area contributed by atoms with Gasteiger partial charge in [-0.2, -0.15) is 0 Å². The fraction of sp³-hybridized carbons (Fsp3) is 0.474. The molecule has 1 aliphatic rings. The van der Waals surface area contributed by atoms with Gasteiger partial charge in [0.1, 0.15) is 6.54 Å². The number of nitrogens with one attached hydrogen (secondary N) is 1. The molecule has 1 amide bonds. The average molecular weight is 407 g/mol. The van der Waals surface area contributed by atoms with E-state index in [2.05, 4.69) is 21.2 Å². The summed E-state index contributed by atoms with van der Waals surface area (Å²) in [6.07, 6.45) is 7.03. The van der Waals surface area contributed by atoms with E-state index in [0.717, 1.165) is 47.5 Å². The predicted molar refractivity (Wildman–Crippen MR) is 100 cm³/mol. The first-order valence-electron chi connectivity index (χ1n) is 8.70. The molecule has 5 nitrogen and oxygen atoms in total. The van der Waals surface area contributed by atoms with Crippen LogP contribution in [-0.2, 0) is 16.1 Å². The lowest BCUT2D eigenvalue weighted by Gasteiger charge is -2.36. The molecule has 3 rings (SSSR count). The second kappa shape index (κ2) is 7.60. The van der Waals surface area contributed by atoms with Crippen LogP contribution in [0.25, 0.3) is 10.9 Å². The van der Waals surface area contributed by atoms with Crippen LogP contribution in [0.1, 0.15) is 38.5 Å². The van der Waals surface area contributed by atoms with Crippen LogP contribution in [0.3, 0.4) is 0 Å². The van der Waals surface area contributed by atoms with Crippen molar-refractivity contribution in [2.24, 2.45) is 5.41 Å². The number of fused-ring (bicyclic) bond motifs is 1. The first-order valence-corrected chi connectivity index (χ1v) is 9.50. The van der Waals surface area contributed by atoms with Crippen LogP contribution in [0.15, 0.2) is 34.9 Å². The molecule has 6 heteroatoms. The van der Waals surface area contributed by atoms with E-state index in [9.17, 15) is 14.7 Å². The third-order valence-electron chi connectivity index (χ3n) is 5.15. The van der Waals surface area contributed by atoms with Crippen molar-refractivity contribution in [1.29, 1.82) is 0 Å². The van der Waals surface area contributed by atoms with Crippen LogP contribution in [-0.4, -0.2) is 28.1 Å². The van der Waals surface area contributed by atoms with E-state index in [-0.39, 0.29) is 24.3 Å². The Bertz CT molecular complexity index is 778. The number of rotatable bonds is 6. The van der Waals surface area contributed by atoms with Crippen molar-refractivity contribution in [1.82, 2.24) is 9.88 Å². The maximum Gasteiger partial charge on any atom is 0.303 e. The number of hydrogen-bond donors (Lipinski definition) is 2. The van der Waals surface area contributed by atoms with Crippen molar-refractivity contribution >= 4 is 38.7 Å². The smallest absolute Gasteiger partial charge is 0.303 e. The molecule has 2 N–H and O–H groups in total. The van der Waals surface area contributed by atoms with E-state index in [4.69, 9.17) is 0 Å². The highest BCUT2D eigenvalue weighted by Crippen LogP contribution is 2.38. The molecule has 0 atom stereocenters. The largest absolute Gasteiger partial charge is 0.481 e. The van der Waals surface area contributed by atoms with Gasteiger partial charge in [-0.3, -0.25) is 9.59 Å². The number of carbonyl (C=O) groups is 2. The Morgan fingerprint density at radius 3 is 2.68 bits per heavy atom. The summed E-state index contributed by atoms with van der Waals surface area (Å²) in [4.78, 5) is 23.6.